The molecule has 4 bridgehead atoms. The molecule has 2 aromatic rings. The van der Waals surface area contributed by atoms with Crippen LogP contribution in [0.2, 0.25) is 0 Å². The maximum absolute atomic E-state index is 14.0. The van der Waals surface area contributed by atoms with Crippen molar-refractivity contribution < 1.29 is 33.8 Å². The van der Waals surface area contributed by atoms with Crippen LogP contribution in [0, 0.1) is 5.92 Å². The third kappa shape index (κ3) is 9.64. The molecule has 2 aliphatic rings. The molecule has 0 aliphatic carbocycles. The number of fused-ring (bicyclic) bond motifs is 4. The van der Waals surface area contributed by atoms with Gasteiger partial charge < -0.3 is 25.2 Å². The van der Waals surface area contributed by atoms with Crippen LogP contribution < -0.4 is 16.1 Å². The maximum Gasteiger partial charge on any atom is 0.325 e. The van der Waals surface area contributed by atoms with Gasteiger partial charge in [0.1, 0.15) is 30.0 Å². The van der Waals surface area contributed by atoms with Crippen LogP contribution in [0.5, 0.6) is 5.75 Å². The number of rotatable bonds is 4. The first-order valence-electron chi connectivity index (χ1n) is 16.0. The summed E-state index contributed by atoms with van der Waals surface area (Å²) >= 11 is 0. The van der Waals surface area contributed by atoms with Gasteiger partial charge in [-0.25, -0.2) is 5.43 Å². The highest BCUT2D eigenvalue weighted by molar-refractivity contribution is 5.92. The molecule has 46 heavy (non-hydrogen) atoms. The number of allylic oxidation sites excluding steroid dienone is 1. The number of nitrogens with zero attached hydrogens (tertiary/aromatic N) is 1. The van der Waals surface area contributed by atoms with Gasteiger partial charge >= 0.3 is 5.97 Å². The lowest BCUT2D eigenvalue weighted by atomic mass is 10.00. The summed E-state index contributed by atoms with van der Waals surface area (Å²) in [6.07, 6.45) is 5.55. The number of ether oxygens (including phenoxy) is 2. The fraction of sp³-hybridized carbons (Fsp3) is 0.486. The number of hydrogen-bond donors (Lipinski definition) is 4. The fourth-order valence-corrected chi connectivity index (χ4v) is 5.70. The molecule has 0 spiro atoms. The summed E-state index contributed by atoms with van der Waals surface area (Å²) in [5, 5.41) is 17.1. The molecule has 1 saturated heterocycles. The van der Waals surface area contributed by atoms with Crippen molar-refractivity contribution in [2.45, 2.75) is 89.6 Å². The second-order valence-corrected chi connectivity index (χ2v) is 12.3. The van der Waals surface area contributed by atoms with E-state index in [1.807, 2.05) is 57.2 Å². The van der Waals surface area contributed by atoms with Gasteiger partial charge in [0.05, 0.1) is 12.5 Å². The van der Waals surface area contributed by atoms with Gasteiger partial charge in [0.15, 0.2) is 0 Å². The minimum Gasteiger partial charge on any atom is -0.508 e. The number of carbonyl (C=O) groups is 4. The standard InChI is InChI=1S/C35H46N4O7/c1-22(2)32-33(42)36-30(20-25-12-8-14-27(40)19-25)34(43)39-17-9-16-29(38-39)35(44)46-23(3)26-13-7-11-24(18-26)10-5-6-15-28(45-4)21-31(41)37-32/h5,7-8,10-14,18-19,22-23,28-30,32,38,40H,6,9,15-17,20-21H2,1-4H3,(H,36,42)(H,37,41)/b10-5+/t23-,28-,29?,30?,32+/m1/s1. The molecule has 2 aliphatic heterocycles. The van der Waals surface area contributed by atoms with Crippen LogP contribution in [0.15, 0.2) is 54.6 Å². The summed E-state index contributed by atoms with van der Waals surface area (Å²) in [6, 6.07) is 11.5. The highest BCUT2D eigenvalue weighted by atomic mass is 16.5. The van der Waals surface area contributed by atoms with Crippen LogP contribution in [0.4, 0.5) is 0 Å². The molecule has 2 heterocycles. The summed E-state index contributed by atoms with van der Waals surface area (Å²) < 4.78 is 11.4. The molecule has 4 rings (SSSR count). The lowest BCUT2D eigenvalue weighted by molar-refractivity contribution is -0.157. The lowest BCUT2D eigenvalue weighted by Gasteiger charge is -2.36. The zero-order chi connectivity index (χ0) is 33.2. The Bertz CT molecular complexity index is 1410. The number of aromatic hydroxyl groups is 1. The van der Waals surface area contributed by atoms with Gasteiger partial charge in [-0.05, 0) is 73.4 Å². The van der Waals surface area contributed by atoms with E-state index < -0.39 is 42.0 Å². The summed E-state index contributed by atoms with van der Waals surface area (Å²) in [6.45, 7) is 5.77. The van der Waals surface area contributed by atoms with E-state index in [0.29, 0.717) is 37.8 Å². The Labute approximate surface area is 270 Å². The van der Waals surface area contributed by atoms with E-state index in [1.54, 1.807) is 19.2 Å². The van der Waals surface area contributed by atoms with Crippen molar-refractivity contribution in [1.82, 2.24) is 21.1 Å². The van der Waals surface area contributed by atoms with E-state index in [-0.39, 0.29) is 36.5 Å². The van der Waals surface area contributed by atoms with Gasteiger partial charge in [-0.2, -0.15) is 0 Å². The molecule has 3 amide bonds. The second-order valence-electron chi connectivity index (χ2n) is 12.3. The Kier molecular flexibility index (Phi) is 12.3. The van der Waals surface area contributed by atoms with Crippen LogP contribution in [-0.2, 0) is 35.1 Å². The second kappa shape index (κ2) is 16.4. The monoisotopic (exact) mass is 634 g/mol. The Hall–Kier alpha value is -4.22. The Morgan fingerprint density at radius 1 is 1.04 bits per heavy atom. The summed E-state index contributed by atoms with van der Waals surface area (Å²) in [5.74, 6) is -2.01. The topological polar surface area (TPSA) is 146 Å². The normalized spacial score (nSPS) is 26.3. The highest BCUT2D eigenvalue weighted by Gasteiger charge is 2.35. The smallest absolute Gasteiger partial charge is 0.325 e. The zero-order valence-corrected chi connectivity index (χ0v) is 27.0. The molecule has 0 aromatic heterocycles. The number of cyclic esters (lactones) is 1. The van der Waals surface area contributed by atoms with Gasteiger partial charge in [0.2, 0.25) is 11.8 Å². The van der Waals surface area contributed by atoms with Crippen molar-refractivity contribution in [1.29, 1.82) is 0 Å². The molecule has 5 atom stereocenters. The average molecular weight is 635 g/mol. The molecule has 2 unspecified atom stereocenters. The van der Waals surface area contributed by atoms with E-state index in [1.165, 1.54) is 17.1 Å². The number of methoxy groups -OCH3 is 1. The molecule has 4 N–H and O–H groups in total. The summed E-state index contributed by atoms with van der Waals surface area (Å²) in [7, 11) is 1.56. The van der Waals surface area contributed by atoms with Crippen LogP contribution in [0.1, 0.15) is 75.7 Å². The quantitative estimate of drug-likeness (QED) is 0.374. The molecule has 1 fully saturated rings. The molecule has 0 radical (unpaired) electrons. The molecule has 11 heteroatoms. The van der Waals surface area contributed by atoms with E-state index >= 15 is 0 Å². The molecular weight excluding hydrogens is 588 g/mol. The Morgan fingerprint density at radius 3 is 2.57 bits per heavy atom. The van der Waals surface area contributed by atoms with Crippen molar-refractivity contribution in [2.75, 3.05) is 13.7 Å². The van der Waals surface area contributed by atoms with Crippen molar-refractivity contribution in [3.63, 3.8) is 0 Å². The summed E-state index contributed by atoms with van der Waals surface area (Å²) in [5.41, 5.74) is 5.44. The predicted molar refractivity (Wildman–Crippen MR) is 173 cm³/mol. The van der Waals surface area contributed by atoms with Gasteiger partial charge in [-0.1, -0.05) is 56.3 Å². The minimum atomic E-state index is -1.05. The van der Waals surface area contributed by atoms with E-state index in [4.69, 9.17) is 9.47 Å². The van der Waals surface area contributed by atoms with E-state index in [0.717, 1.165) is 11.1 Å². The number of hydrogen-bond acceptors (Lipinski definition) is 8. The number of amides is 3. The first kappa shape index (κ1) is 34.6. The molecule has 11 nitrogen and oxygen atoms in total. The third-order valence-electron chi connectivity index (χ3n) is 8.35. The average Bonchev–Trinajstić information content (AvgIpc) is 3.04. The third-order valence-corrected chi connectivity index (χ3v) is 8.35. The molecule has 2 aromatic carbocycles. The van der Waals surface area contributed by atoms with E-state index in [9.17, 15) is 24.3 Å². The van der Waals surface area contributed by atoms with E-state index in [2.05, 4.69) is 16.1 Å². The number of carbonyl (C=O) groups excluding carboxylic acids is 4. The number of hydrazine groups is 1. The highest BCUT2D eigenvalue weighted by Crippen LogP contribution is 2.22. The number of esters is 1. The fourth-order valence-electron chi connectivity index (χ4n) is 5.70. The lowest BCUT2D eigenvalue weighted by Crippen LogP contribution is -2.62. The molecule has 0 saturated carbocycles. The van der Waals surface area contributed by atoms with Crippen molar-refractivity contribution in [2.24, 2.45) is 5.92 Å². The first-order chi connectivity index (χ1) is 22.0. The van der Waals surface area contributed by atoms with Crippen molar-refractivity contribution in [3.8, 4) is 5.75 Å². The van der Waals surface area contributed by atoms with Crippen LogP contribution in [0.25, 0.3) is 6.08 Å². The maximum atomic E-state index is 14.0. The predicted octanol–water partition coefficient (Wildman–Crippen LogP) is 3.57. The van der Waals surface area contributed by atoms with Gasteiger partial charge in [-0.3, -0.25) is 24.2 Å². The van der Waals surface area contributed by atoms with Gasteiger partial charge in [0.25, 0.3) is 5.91 Å². The number of nitrogens with one attached hydrogen (secondary N) is 3. The SMILES string of the molecule is CO[C@@H]1CC/C=C/c2cccc(c2)[C@@H](C)OC(=O)C2CCCN(N2)C(=O)C(Cc2cccc(O)c2)NC(=O)[C@H](C(C)C)NC(=O)C1. The van der Waals surface area contributed by atoms with Crippen molar-refractivity contribution >= 4 is 29.8 Å². The van der Waals surface area contributed by atoms with Gasteiger partial charge in [0, 0.05) is 20.1 Å². The largest absolute Gasteiger partial charge is 0.508 e. The van der Waals surface area contributed by atoms with Crippen LogP contribution >= 0.6 is 0 Å². The number of phenolic OH excluding ortho intramolecular Hbond substituents is 1. The zero-order valence-electron chi connectivity index (χ0n) is 27.0. The Morgan fingerprint density at radius 2 is 1.83 bits per heavy atom. The van der Waals surface area contributed by atoms with Crippen LogP contribution in [-0.4, -0.2) is 71.7 Å². The molecule has 248 valence electrons. The number of phenols is 1. The first-order valence-corrected chi connectivity index (χ1v) is 16.0. The van der Waals surface area contributed by atoms with Crippen molar-refractivity contribution in [3.05, 3.63) is 71.3 Å². The Balaban J connectivity index is 1.64. The van der Waals surface area contributed by atoms with Gasteiger partial charge in [-0.15, -0.1) is 0 Å². The minimum absolute atomic E-state index is 0.0313. The van der Waals surface area contributed by atoms with Crippen LogP contribution in [0.3, 0.4) is 0 Å². The molecular formula is C35H46N4O7. The summed E-state index contributed by atoms with van der Waals surface area (Å²) in [4.78, 5) is 54.0. The number of benzene rings is 2.